The van der Waals surface area contributed by atoms with Crippen LogP contribution >= 0.6 is 22.6 Å². The molecule has 100 valence electrons. The Morgan fingerprint density at radius 3 is 1.53 bits per heavy atom. The van der Waals surface area contributed by atoms with E-state index in [9.17, 15) is 0 Å². The summed E-state index contributed by atoms with van der Waals surface area (Å²) in [4.78, 5) is 0. The van der Waals surface area contributed by atoms with Gasteiger partial charge in [-0.1, -0.05) is 22.6 Å². The summed E-state index contributed by atoms with van der Waals surface area (Å²) in [5.41, 5.74) is 0. The monoisotopic (exact) mass is 356 g/mol. The Balaban J connectivity index is 2.87. The second kappa shape index (κ2) is 16.1. The Kier molecular flexibility index (Phi) is 16.3. The Bertz CT molecular complexity index is 182. The lowest BCUT2D eigenvalue weighted by atomic mass is 10.5. The molecular formula is C12H21IO4. The van der Waals surface area contributed by atoms with Crippen LogP contribution in [0.3, 0.4) is 0 Å². The minimum absolute atomic E-state index is 0.583. The third-order valence-electron chi connectivity index (χ3n) is 1.73. The summed E-state index contributed by atoms with van der Waals surface area (Å²) in [6.07, 6.45) is 5.73. The van der Waals surface area contributed by atoms with Crippen LogP contribution in [0, 0.1) is 12.3 Å². The van der Waals surface area contributed by atoms with Crippen LogP contribution in [0.5, 0.6) is 0 Å². The maximum Gasteiger partial charge on any atom is 0.0701 e. The predicted octanol–water partition coefficient (Wildman–Crippen LogP) is 1.51. The van der Waals surface area contributed by atoms with Crippen LogP contribution in [0.2, 0.25) is 0 Å². The van der Waals surface area contributed by atoms with Crippen LogP contribution in [0.4, 0.5) is 0 Å². The molecule has 0 aliphatic heterocycles. The molecule has 0 N–H and O–H groups in total. The number of hydrogen-bond donors (Lipinski definition) is 0. The van der Waals surface area contributed by atoms with Gasteiger partial charge in [0.05, 0.1) is 52.9 Å². The van der Waals surface area contributed by atoms with Crippen LogP contribution in [0.15, 0.2) is 0 Å². The van der Waals surface area contributed by atoms with Gasteiger partial charge in [0.1, 0.15) is 0 Å². The molecule has 0 aliphatic carbocycles. The minimum Gasteiger partial charge on any atom is -0.378 e. The lowest BCUT2D eigenvalue weighted by molar-refractivity contribution is 0.000543. The minimum atomic E-state index is 0.583. The second-order valence-corrected chi connectivity index (χ2v) is 4.17. The van der Waals surface area contributed by atoms with Crippen molar-refractivity contribution in [1.82, 2.24) is 0 Å². The van der Waals surface area contributed by atoms with E-state index in [1.807, 2.05) is 0 Å². The Morgan fingerprint density at radius 1 is 0.706 bits per heavy atom. The summed E-state index contributed by atoms with van der Waals surface area (Å²) in [6.45, 7) is 5.01. The van der Waals surface area contributed by atoms with Gasteiger partial charge in [-0.15, -0.1) is 12.3 Å². The number of ether oxygens (including phenoxy) is 4. The average molecular weight is 356 g/mol. The van der Waals surface area contributed by atoms with E-state index in [4.69, 9.17) is 25.4 Å². The fraction of sp³-hybridized carbons (Fsp3) is 0.833. The molecule has 0 saturated heterocycles. The SMILES string of the molecule is C#CCCOCCOCCOCCOCCI. The van der Waals surface area contributed by atoms with Gasteiger partial charge >= 0.3 is 0 Å². The normalized spacial score (nSPS) is 10.4. The predicted molar refractivity (Wildman–Crippen MR) is 75.6 cm³/mol. The number of hydrogen-bond acceptors (Lipinski definition) is 4. The van der Waals surface area contributed by atoms with Gasteiger partial charge in [0, 0.05) is 10.8 Å². The second-order valence-electron chi connectivity index (χ2n) is 3.09. The largest absolute Gasteiger partial charge is 0.378 e. The van der Waals surface area contributed by atoms with Crippen LogP contribution in [-0.4, -0.2) is 57.3 Å². The molecule has 0 heterocycles. The lowest BCUT2D eigenvalue weighted by Gasteiger charge is -2.06. The van der Waals surface area contributed by atoms with E-state index >= 15 is 0 Å². The topological polar surface area (TPSA) is 36.9 Å². The maximum absolute atomic E-state index is 5.31. The zero-order valence-corrected chi connectivity index (χ0v) is 12.3. The highest BCUT2D eigenvalue weighted by atomic mass is 127. The van der Waals surface area contributed by atoms with Crippen molar-refractivity contribution in [2.75, 3.05) is 57.3 Å². The van der Waals surface area contributed by atoms with Gasteiger partial charge in [0.15, 0.2) is 0 Å². The lowest BCUT2D eigenvalue weighted by Crippen LogP contribution is -2.12. The number of rotatable bonds is 13. The van der Waals surface area contributed by atoms with Crippen molar-refractivity contribution in [2.24, 2.45) is 0 Å². The molecule has 0 aromatic carbocycles. The fourth-order valence-corrected chi connectivity index (χ4v) is 1.26. The first-order chi connectivity index (χ1) is 8.41. The van der Waals surface area contributed by atoms with Crippen LogP contribution in [-0.2, 0) is 18.9 Å². The molecule has 0 fully saturated rings. The first-order valence-corrected chi connectivity index (χ1v) is 7.24. The Labute approximate surface area is 117 Å². The molecule has 0 unspecified atom stereocenters. The van der Waals surface area contributed by atoms with E-state index in [0.29, 0.717) is 52.7 Å². The highest BCUT2D eigenvalue weighted by Gasteiger charge is 1.91. The van der Waals surface area contributed by atoms with Crippen molar-refractivity contribution in [3.63, 3.8) is 0 Å². The van der Waals surface area contributed by atoms with E-state index in [1.54, 1.807) is 0 Å². The van der Waals surface area contributed by atoms with E-state index < -0.39 is 0 Å². The highest BCUT2D eigenvalue weighted by Crippen LogP contribution is 1.85. The van der Waals surface area contributed by atoms with Crippen molar-refractivity contribution in [3.8, 4) is 12.3 Å². The molecule has 4 nitrogen and oxygen atoms in total. The smallest absolute Gasteiger partial charge is 0.0701 e. The van der Waals surface area contributed by atoms with E-state index in [0.717, 1.165) is 11.0 Å². The third kappa shape index (κ3) is 16.1. The molecule has 0 spiro atoms. The quantitative estimate of drug-likeness (QED) is 0.217. The van der Waals surface area contributed by atoms with Gasteiger partial charge < -0.3 is 18.9 Å². The number of halogens is 1. The Morgan fingerprint density at radius 2 is 1.12 bits per heavy atom. The van der Waals surface area contributed by atoms with Gasteiger partial charge in [0.2, 0.25) is 0 Å². The summed E-state index contributed by atoms with van der Waals surface area (Å²) < 4.78 is 22.1. The molecule has 0 aliphatic rings. The summed E-state index contributed by atoms with van der Waals surface area (Å²) in [6, 6.07) is 0. The fourth-order valence-electron chi connectivity index (χ4n) is 0.947. The van der Waals surface area contributed by atoms with Crippen molar-refractivity contribution < 1.29 is 18.9 Å². The maximum atomic E-state index is 5.31. The zero-order chi connectivity index (χ0) is 12.6. The van der Waals surface area contributed by atoms with Gasteiger partial charge in [-0.25, -0.2) is 0 Å². The molecule has 17 heavy (non-hydrogen) atoms. The first kappa shape index (κ1) is 17.1. The molecule has 0 saturated carbocycles. The highest BCUT2D eigenvalue weighted by molar-refractivity contribution is 14.1. The summed E-state index contributed by atoms with van der Waals surface area (Å²) in [5.74, 6) is 2.51. The third-order valence-corrected chi connectivity index (χ3v) is 2.17. The molecule has 0 rings (SSSR count). The van der Waals surface area contributed by atoms with E-state index in [1.165, 1.54) is 0 Å². The number of alkyl halides is 1. The van der Waals surface area contributed by atoms with Crippen molar-refractivity contribution >= 4 is 22.6 Å². The van der Waals surface area contributed by atoms with Gasteiger partial charge in [0.25, 0.3) is 0 Å². The van der Waals surface area contributed by atoms with Crippen molar-refractivity contribution in [3.05, 3.63) is 0 Å². The Hall–Kier alpha value is 0.130. The molecule has 0 atom stereocenters. The molecule has 0 amide bonds. The molecule has 5 heteroatoms. The molecule has 0 radical (unpaired) electrons. The van der Waals surface area contributed by atoms with Gasteiger partial charge in [-0.05, 0) is 0 Å². The van der Waals surface area contributed by atoms with E-state index in [-0.39, 0.29) is 0 Å². The average Bonchev–Trinajstić information content (AvgIpc) is 2.35. The summed E-state index contributed by atoms with van der Waals surface area (Å²) in [5, 5.41) is 0. The summed E-state index contributed by atoms with van der Waals surface area (Å²) >= 11 is 2.27. The van der Waals surface area contributed by atoms with Crippen molar-refractivity contribution in [2.45, 2.75) is 6.42 Å². The zero-order valence-electron chi connectivity index (χ0n) is 10.2. The van der Waals surface area contributed by atoms with Crippen molar-refractivity contribution in [1.29, 1.82) is 0 Å². The van der Waals surface area contributed by atoms with Crippen LogP contribution in [0.1, 0.15) is 6.42 Å². The summed E-state index contributed by atoms with van der Waals surface area (Å²) in [7, 11) is 0. The number of terminal acetylenes is 1. The van der Waals surface area contributed by atoms with Crippen LogP contribution in [0.25, 0.3) is 0 Å². The molecule has 0 aromatic rings. The standard InChI is InChI=1S/C12H21IO4/c1-2-3-5-14-7-9-16-11-12-17-10-8-15-6-4-13/h1H,3-12H2. The molecular weight excluding hydrogens is 335 g/mol. The van der Waals surface area contributed by atoms with Gasteiger partial charge in [-0.3, -0.25) is 0 Å². The van der Waals surface area contributed by atoms with Crippen LogP contribution < -0.4 is 0 Å². The van der Waals surface area contributed by atoms with E-state index in [2.05, 4.69) is 28.5 Å². The molecule has 0 aromatic heterocycles. The first-order valence-electron chi connectivity index (χ1n) is 5.72. The van der Waals surface area contributed by atoms with Gasteiger partial charge in [-0.2, -0.15) is 0 Å². The molecule has 0 bridgehead atoms.